The van der Waals surface area contributed by atoms with Crippen molar-refractivity contribution in [2.24, 2.45) is 0 Å². The van der Waals surface area contributed by atoms with Crippen LogP contribution in [0.2, 0.25) is 0 Å². The number of aromatic nitrogens is 1. The van der Waals surface area contributed by atoms with Crippen LogP contribution >= 0.6 is 0 Å². The molecule has 0 aliphatic heterocycles. The first-order valence-electron chi connectivity index (χ1n) is 8.30. The molecule has 2 aromatic carbocycles. The predicted molar refractivity (Wildman–Crippen MR) is 99.1 cm³/mol. The summed E-state index contributed by atoms with van der Waals surface area (Å²) in [6, 6.07) is 20.4. The van der Waals surface area contributed by atoms with Gasteiger partial charge in [0.25, 0.3) is 0 Å². The second-order valence-corrected chi connectivity index (χ2v) is 5.46. The van der Waals surface area contributed by atoms with Crippen molar-refractivity contribution in [2.45, 2.75) is 26.7 Å². The Kier molecular flexibility index (Phi) is 6.96. The summed E-state index contributed by atoms with van der Waals surface area (Å²) >= 11 is 0. The first kappa shape index (κ1) is 18.5. The summed E-state index contributed by atoms with van der Waals surface area (Å²) < 4.78 is 10.1. The highest BCUT2D eigenvalue weighted by molar-refractivity contribution is 5.76. The molecule has 25 heavy (non-hydrogen) atoms. The van der Waals surface area contributed by atoms with Crippen molar-refractivity contribution in [3.05, 3.63) is 66.6 Å². The van der Waals surface area contributed by atoms with E-state index in [2.05, 4.69) is 40.9 Å². The lowest BCUT2D eigenvalue weighted by Gasteiger charge is -2.00. The summed E-state index contributed by atoms with van der Waals surface area (Å²) in [6.45, 7) is 3.49. The van der Waals surface area contributed by atoms with E-state index in [1.807, 2.05) is 36.4 Å². The van der Waals surface area contributed by atoms with Gasteiger partial charge in [0.1, 0.15) is 5.69 Å². The smallest absolute Gasteiger partial charge is 0.302 e. The quantitative estimate of drug-likeness (QED) is 0.619. The zero-order chi connectivity index (χ0) is 18.1. The Morgan fingerprint density at radius 1 is 1.00 bits per heavy atom. The standard InChI is InChI=1S/C18H17NO.C3H6O2/c1-2-9-16-19-17(14-10-5-3-6-11-14)18(20-16)15-12-7-4-8-13-15;1-3(4)5-2/h3-8,10-13H,2,9H2,1H3;1-2H3. The van der Waals surface area contributed by atoms with Gasteiger partial charge in [-0.25, -0.2) is 4.98 Å². The van der Waals surface area contributed by atoms with Crippen molar-refractivity contribution < 1.29 is 13.9 Å². The molecule has 0 aliphatic carbocycles. The number of hydrogen-bond acceptors (Lipinski definition) is 4. The maximum absolute atomic E-state index is 9.59. The second-order valence-electron chi connectivity index (χ2n) is 5.46. The van der Waals surface area contributed by atoms with Crippen molar-refractivity contribution in [1.82, 2.24) is 4.98 Å². The van der Waals surface area contributed by atoms with Gasteiger partial charge in [-0.05, 0) is 6.42 Å². The average Bonchev–Trinajstić information content (AvgIpc) is 3.08. The van der Waals surface area contributed by atoms with Crippen LogP contribution < -0.4 is 0 Å². The van der Waals surface area contributed by atoms with Crippen LogP contribution in [-0.2, 0) is 16.0 Å². The second kappa shape index (κ2) is 9.42. The van der Waals surface area contributed by atoms with Crippen LogP contribution in [0.3, 0.4) is 0 Å². The highest BCUT2D eigenvalue weighted by Crippen LogP contribution is 2.32. The first-order chi connectivity index (χ1) is 12.2. The third-order valence-electron chi connectivity index (χ3n) is 3.51. The Labute approximate surface area is 148 Å². The number of methoxy groups -OCH3 is 1. The largest absolute Gasteiger partial charge is 0.469 e. The molecule has 0 radical (unpaired) electrons. The van der Waals surface area contributed by atoms with Crippen molar-refractivity contribution in [3.63, 3.8) is 0 Å². The monoisotopic (exact) mass is 337 g/mol. The van der Waals surface area contributed by atoms with Crippen LogP contribution in [0, 0.1) is 0 Å². The molecular formula is C21H23NO3. The van der Waals surface area contributed by atoms with Crippen LogP contribution in [0.1, 0.15) is 26.2 Å². The third-order valence-corrected chi connectivity index (χ3v) is 3.51. The Bertz CT molecular complexity index is 722. The van der Waals surface area contributed by atoms with E-state index >= 15 is 0 Å². The van der Waals surface area contributed by atoms with E-state index in [9.17, 15) is 4.79 Å². The molecule has 130 valence electrons. The number of oxazole rings is 1. The van der Waals surface area contributed by atoms with Crippen LogP contribution in [0.5, 0.6) is 0 Å². The fraction of sp³-hybridized carbons (Fsp3) is 0.238. The van der Waals surface area contributed by atoms with E-state index in [4.69, 9.17) is 4.42 Å². The van der Waals surface area contributed by atoms with Crippen LogP contribution in [0.4, 0.5) is 0 Å². The molecule has 0 saturated heterocycles. The van der Waals surface area contributed by atoms with Crippen molar-refractivity contribution in [2.75, 3.05) is 7.11 Å². The maximum atomic E-state index is 9.59. The number of hydrogen-bond donors (Lipinski definition) is 0. The minimum absolute atomic E-state index is 0.245. The van der Waals surface area contributed by atoms with E-state index in [1.165, 1.54) is 14.0 Å². The molecule has 3 rings (SSSR count). The van der Waals surface area contributed by atoms with Gasteiger partial charge in [-0.1, -0.05) is 67.6 Å². The molecule has 1 aromatic heterocycles. The highest BCUT2D eigenvalue weighted by Gasteiger charge is 2.15. The molecule has 0 saturated carbocycles. The fourth-order valence-corrected chi connectivity index (χ4v) is 2.26. The topological polar surface area (TPSA) is 52.3 Å². The summed E-state index contributed by atoms with van der Waals surface area (Å²) in [5, 5.41) is 0. The summed E-state index contributed by atoms with van der Waals surface area (Å²) in [4.78, 5) is 14.3. The molecule has 4 heteroatoms. The van der Waals surface area contributed by atoms with Gasteiger partial charge < -0.3 is 9.15 Å². The number of esters is 1. The van der Waals surface area contributed by atoms with Gasteiger partial charge in [0, 0.05) is 24.5 Å². The van der Waals surface area contributed by atoms with E-state index in [-0.39, 0.29) is 5.97 Å². The molecular weight excluding hydrogens is 314 g/mol. The molecule has 0 bridgehead atoms. The van der Waals surface area contributed by atoms with Gasteiger partial charge in [-0.15, -0.1) is 0 Å². The molecule has 0 atom stereocenters. The molecule has 0 N–H and O–H groups in total. The number of nitrogens with zero attached hydrogens (tertiary/aromatic N) is 1. The summed E-state index contributed by atoms with van der Waals surface area (Å²) in [5.41, 5.74) is 3.10. The average molecular weight is 337 g/mol. The zero-order valence-corrected chi connectivity index (χ0v) is 14.9. The Balaban J connectivity index is 0.000000399. The molecule has 0 aliphatic rings. The molecule has 0 amide bonds. The van der Waals surface area contributed by atoms with Crippen LogP contribution in [0.25, 0.3) is 22.6 Å². The zero-order valence-electron chi connectivity index (χ0n) is 14.9. The summed E-state index contributed by atoms with van der Waals surface area (Å²) in [6.07, 6.45) is 1.90. The molecule has 3 aromatic rings. The lowest BCUT2D eigenvalue weighted by atomic mass is 10.1. The Morgan fingerprint density at radius 3 is 2.00 bits per heavy atom. The molecule has 0 spiro atoms. The van der Waals surface area contributed by atoms with Crippen molar-refractivity contribution in [1.29, 1.82) is 0 Å². The number of benzene rings is 2. The minimum Gasteiger partial charge on any atom is -0.469 e. The van der Waals surface area contributed by atoms with E-state index in [0.717, 1.165) is 41.3 Å². The SMILES string of the molecule is CCCc1nc(-c2ccccc2)c(-c2ccccc2)o1.COC(C)=O. The minimum atomic E-state index is -0.245. The van der Waals surface area contributed by atoms with Gasteiger partial charge in [0.15, 0.2) is 11.7 Å². The van der Waals surface area contributed by atoms with Crippen LogP contribution in [0.15, 0.2) is 65.1 Å². The Morgan fingerprint density at radius 2 is 1.52 bits per heavy atom. The number of aryl methyl sites for hydroxylation is 1. The van der Waals surface area contributed by atoms with E-state index in [1.54, 1.807) is 0 Å². The van der Waals surface area contributed by atoms with Gasteiger partial charge >= 0.3 is 5.97 Å². The van der Waals surface area contributed by atoms with E-state index < -0.39 is 0 Å². The first-order valence-corrected chi connectivity index (χ1v) is 8.30. The molecule has 0 fully saturated rings. The predicted octanol–water partition coefficient (Wildman–Crippen LogP) is 5.14. The number of rotatable bonds is 4. The van der Waals surface area contributed by atoms with Crippen LogP contribution in [-0.4, -0.2) is 18.1 Å². The van der Waals surface area contributed by atoms with Gasteiger partial charge in [-0.2, -0.15) is 0 Å². The number of carbonyl (C=O) groups is 1. The van der Waals surface area contributed by atoms with Crippen molar-refractivity contribution in [3.8, 4) is 22.6 Å². The summed E-state index contributed by atoms with van der Waals surface area (Å²) in [7, 11) is 1.35. The lowest BCUT2D eigenvalue weighted by molar-refractivity contribution is -0.137. The van der Waals surface area contributed by atoms with E-state index in [0.29, 0.717) is 0 Å². The lowest BCUT2D eigenvalue weighted by Crippen LogP contribution is -1.88. The molecule has 4 nitrogen and oxygen atoms in total. The normalized spacial score (nSPS) is 9.88. The highest BCUT2D eigenvalue weighted by atomic mass is 16.5. The van der Waals surface area contributed by atoms with Gasteiger partial charge in [0.2, 0.25) is 0 Å². The van der Waals surface area contributed by atoms with Gasteiger partial charge in [0.05, 0.1) is 7.11 Å². The number of carbonyl (C=O) groups excluding carboxylic acids is 1. The Hall–Kier alpha value is -2.88. The summed E-state index contributed by atoms with van der Waals surface area (Å²) in [5.74, 6) is 1.43. The maximum Gasteiger partial charge on any atom is 0.302 e. The number of ether oxygens (including phenoxy) is 1. The van der Waals surface area contributed by atoms with Gasteiger partial charge in [-0.3, -0.25) is 4.79 Å². The molecule has 1 heterocycles. The molecule has 0 unspecified atom stereocenters. The third kappa shape index (κ3) is 5.31. The fourth-order valence-electron chi connectivity index (χ4n) is 2.26. The van der Waals surface area contributed by atoms with Crippen molar-refractivity contribution >= 4 is 5.97 Å².